The Labute approximate surface area is 93.3 Å². The summed E-state index contributed by atoms with van der Waals surface area (Å²) < 4.78 is 0. The van der Waals surface area contributed by atoms with Crippen molar-refractivity contribution in [3.05, 3.63) is 48.1 Å². The standard InChI is InChI=1S/C12H15N.C2H6/c1-3-6-10(4-2)11-7-5-8-12(13)9-11;1-2/h3-9H,13H2,1-2H3;1-2H3/b6-3-,10-4+;. The summed E-state index contributed by atoms with van der Waals surface area (Å²) in [7, 11) is 0. The van der Waals surface area contributed by atoms with E-state index in [1.165, 1.54) is 11.1 Å². The van der Waals surface area contributed by atoms with Crippen molar-refractivity contribution in [1.82, 2.24) is 0 Å². The zero-order valence-corrected chi connectivity index (χ0v) is 10.1. The largest absolute Gasteiger partial charge is 0.399 e. The molecule has 0 amide bonds. The molecule has 1 nitrogen and oxygen atoms in total. The SMILES string of the molecule is C/C=C\C(=C/C)c1cccc(N)c1.CC. The number of hydrogen-bond donors (Lipinski definition) is 1. The molecule has 0 saturated carbocycles. The van der Waals surface area contributed by atoms with Gasteiger partial charge in [-0.2, -0.15) is 0 Å². The predicted molar refractivity (Wildman–Crippen MR) is 70.7 cm³/mol. The van der Waals surface area contributed by atoms with Crippen molar-refractivity contribution in [2.24, 2.45) is 0 Å². The fourth-order valence-electron chi connectivity index (χ4n) is 1.26. The second-order valence-electron chi connectivity index (χ2n) is 2.87. The molecule has 0 saturated heterocycles. The van der Waals surface area contributed by atoms with Crippen molar-refractivity contribution in [3.63, 3.8) is 0 Å². The van der Waals surface area contributed by atoms with E-state index >= 15 is 0 Å². The average molecular weight is 203 g/mol. The third kappa shape index (κ3) is 4.50. The highest BCUT2D eigenvalue weighted by atomic mass is 14.5. The first-order chi connectivity index (χ1) is 7.27. The van der Waals surface area contributed by atoms with Crippen molar-refractivity contribution in [1.29, 1.82) is 0 Å². The molecule has 82 valence electrons. The fraction of sp³-hybridized carbons (Fsp3) is 0.286. The summed E-state index contributed by atoms with van der Waals surface area (Å²) in [5, 5.41) is 0. The Bertz CT molecular complexity index is 335. The summed E-state index contributed by atoms with van der Waals surface area (Å²) in [6.45, 7) is 8.04. The van der Waals surface area contributed by atoms with E-state index in [0.29, 0.717) is 0 Å². The lowest BCUT2D eigenvalue weighted by Gasteiger charge is -2.02. The molecular weight excluding hydrogens is 182 g/mol. The number of benzene rings is 1. The molecule has 0 radical (unpaired) electrons. The molecule has 0 aliphatic carbocycles. The number of nitrogen functional groups attached to an aromatic ring is 1. The Balaban J connectivity index is 0.000000921. The molecule has 0 aliphatic heterocycles. The Morgan fingerprint density at radius 2 is 1.87 bits per heavy atom. The van der Waals surface area contributed by atoms with Crippen LogP contribution in [0.2, 0.25) is 0 Å². The van der Waals surface area contributed by atoms with Gasteiger partial charge in [0.1, 0.15) is 0 Å². The molecule has 0 spiro atoms. The first kappa shape index (κ1) is 13.5. The maximum Gasteiger partial charge on any atom is 0.0320 e. The zero-order chi connectivity index (χ0) is 11.7. The second kappa shape index (κ2) is 7.86. The van der Waals surface area contributed by atoms with Crippen LogP contribution in [0.5, 0.6) is 0 Å². The van der Waals surface area contributed by atoms with Crippen LogP contribution in [0.25, 0.3) is 5.57 Å². The molecule has 1 rings (SSSR count). The van der Waals surface area contributed by atoms with Gasteiger partial charge >= 0.3 is 0 Å². The van der Waals surface area contributed by atoms with E-state index in [1.54, 1.807) is 0 Å². The highest BCUT2D eigenvalue weighted by molar-refractivity contribution is 5.75. The predicted octanol–water partition coefficient (Wildman–Crippen LogP) is 4.27. The number of anilines is 1. The van der Waals surface area contributed by atoms with Crippen LogP contribution in [0, 0.1) is 0 Å². The van der Waals surface area contributed by atoms with Gasteiger partial charge in [0.25, 0.3) is 0 Å². The Hall–Kier alpha value is -1.50. The van der Waals surface area contributed by atoms with Crippen LogP contribution in [-0.4, -0.2) is 0 Å². The highest BCUT2D eigenvalue weighted by Gasteiger charge is 1.95. The Morgan fingerprint density at radius 1 is 1.20 bits per heavy atom. The van der Waals surface area contributed by atoms with E-state index in [9.17, 15) is 0 Å². The van der Waals surface area contributed by atoms with E-state index in [1.807, 2.05) is 52.0 Å². The van der Waals surface area contributed by atoms with Gasteiger partial charge in [-0.05, 0) is 37.1 Å². The normalized spacial score (nSPS) is 11.1. The topological polar surface area (TPSA) is 26.0 Å². The van der Waals surface area contributed by atoms with Crippen LogP contribution in [0.1, 0.15) is 33.3 Å². The van der Waals surface area contributed by atoms with E-state index in [0.717, 1.165) is 5.69 Å². The van der Waals surface area contributed by atoms with Gasteiger partial charge in [-0.3, -0.25) is 0 Å². The fourth-order valence-corrected chi connectivity index (χ4v) is 1.26. The Morgan fingerprint density at radius 3 is 2.33 bits per heavy atom. The van der Waals surface area contributed by atoms with Gasteiger partial charge < -0.3 is 5.73 Å². The molecule has 0 aliphatic rings. The number of allylic oxidation sites excluding steroid dienone is 4. The number of hydrogen-bond acceptors (Lipinski definition) is 1. The van der Waals surface area contributed by atoms with E-state index in [4.69, 9.17) is 5.73 Å². The van der Waals surface area contributed by atoms with Crippen LogP contribution in [0.3, 0.4) is 0 Å². The lowest BCUT2D eigenvalue weighted by Crippen LogP contribution is -1.86. The third-order valence-electron chi connectivity index (χ3n) is 1.88. The number of nitrogens with two attached hydrogens (primary N) is 1. The van der Waals surface area contributed by atoms with Crippen molar-refractivity contribution in [2.45, 2.75) is 27.7 Å². The molecule has 0 fully saturated rings. The summed E-state index contributed by atoms with van der Waals surface area (Å²) in [5.41, 5.74) is 8.87. The van der Waals surface area contributed by atoms with Crippen molar-refractivity contribution in [2.75, 3.05) is 5.73 Å². The van der Waals surface area contributed by atoms with Crippen LogP contribution < -0.4 is 5.73 Å². The lowest BCUT2D eigenvalue weighted by molar-refractivity contribution is 1.50. The molecule has 1 aromatic carbocycles. The smallest absolute Gasteiger partial charge is 0.0320 e. The van der Waals surface area contributed by atoms with Crippen molar-refractivity contribution in [3.8, 4) is 0 Å². The first-order valence-corrected chi connectivity index (χ1v) is 5.43. The summed E-state index contributed by atoms with van der Waals surface area (Å²) in [4.78, 5) is 0. The highest BCUT2D eigenvalue weighted by Crippen LogP contribution is 2.17. The van der Waals surface area contributed by atoms with Crippen molar-refractivity contribution >= 4 is 11.3 Å². The average Bonchev–Trinajstić information content (AvgIpc) is 2.28. The van der Waals surface area contributed by atoms with Crippen LogP contribution >= 0.6 is 0 Å². The van der Waals surface area contributed by atoms with Gasteiger partial charge in [0.05, 0.1) is 0 Å². The van der Waals surface area contributed by atoms with Crippen molar-refractivity contribution < 1.29 is 0 Å². The molecule has 15 heavy (non-hydrogen) atoms. The van der Waals surface area contributed by atoms with Crippen LogP contribution in [-0.2, 0) is 0 Å². The Kier molecular flexibility index (Phi) is 7.08. The third-order valence-corrected chi connectivity index (χ3v) is 1.88. The summed E-state index contributed by atoms with van der Waals surface area (Å²) in [5.74, 6) is 0. The minimum absolute atomic E-state index is 0.807. The molecule has 1 heteroatoms. The minimum Gasteiger partial charge on any atom is -0.399 e. The summed E-state index contributed by atoms with van der Waals surface area (Å²) in [6.07, 6.45) is 6.18. The molecule has 0 heterocycles. The van der Waals surface area contributed by atoms with Gasteiger partial charge in [0, 0.05) is 5.69 Å². The lowest BCUT2D eigenvalue weighted by atomic mass is 10.0. The maximum atomic E-state index is 5.70. The van der Waals surface area contributed by atoms with Gasteiger partial charge in [-0.15, -0.1) is 0 Å². The van der Waals surface area contributed by atoms with Gasteiger partial charge in [-0.1, -0.05) is 44.2 Å². The molecule has 1 aromatic rings. The van der Waals surface area contributed by atoms with Gasteiger partial charge in [0.15, 0.2) is 0 Å². The monoisotopic (exact) mass is 203 g/mol. The summed E-state index contributed by atoms with van der Waals surface area (Å²) >= 11 is 0. The van der Waals surface area contributed by atoms with E-state index in [-0.39, 0.29) is 0 Å². The van der Waals surface area contributed by atoms with E-state index in [2.05, 4.69) is 18.2 Å². The summed E-state index contributed by atoms with van der Waals surface area (Å²) in [6, 6.07) is 7.91. The first-order valence-electron chi connectivity index (χ1n) is 5.43. The molecule has 2 N–H and O–H groups in total. The zero-order valence-electron chi connectivity index (χ0n) is 10.1. The minimum atomic E-state index is 0.807. The molecule has 0 unspecified atom stereocenters. The second-order valence-corrected chi connectivity index (χ2v) is 2.87. The number of rotatable bonds is 2. The van der Waals surface area contributed by atoms with Crippen LogP contribution in [0.15, 0.2) is 42.5 Å². The van der Waals surface area contributed by atoms with E-state index < -0.39 is 0 Å². The quantitative estimate of drug-likeness (QED) is 0.563. The molecule has 0 atom stereocenters. The molecular formula is C14H21N. The van der Waals surface area contributed by atoms with Gasteiger partial charge in [-0.25, -0.2) is 0 Å². The molecule has 0 bridgehead atoms. The molecule has 0 aromatic heterocycles. The maximum absolute atomic E-state index is 5.70. The van der Waals surface area contributed by atoms with Gasteiger partial charge in [0.2, 0.25) is 0 Å². The van der Waals surface area contributed by atoms with Crippen LogP contribution in [0.4, 0.5) is 5.69 Å².